The van der Waals surface area contributed by atoms with Crippen molar-refractivity contribution in [2.24, 2.45) is 11.8 Å². The minimum Gasteiger partial charge on any atom is -0.467 e. The SMILES string of the molecule is COC(=O)[C@H](C[C@@H]1CCNC1O)NC(=O)[C@H](CC1CC1)NC(=O)c1cc2c([nH]1)CCCC2. The van der Waals surface area contributed by atoms with Gasteiger partial charge in [0.2, 0.25) is 5.91 Å². The fourth-order valence-corrected chi connectivity index (χ4v) is 4.80. The van der Waals surface area contributed by atoms with Gasteiger partial charge in [-0.3, -0.25) is 14.9 Å². The van der Waals surface area contributed by atoms with E-state index in [2.05, 4.69) is 20.9 Å². The number of hydrogen-bond acceptors (Lipinski definition) is 6. The molecular weight excluding hydrogens is 412 g/mol. The van der Waals surface area contributed by atoms with Gasteiger partial charge in [-0.05, 0) is 69.0 Å². The first-order valence-electron chi connectivity index (χ1n) is 11.8. The van der Waals surface area contributed by atoms with Gasteiger partial charge >= 0.3 is 5.97 Å². The highest BCUT2D eigenvalue weighted by atomic mass is 16.5. The van der Waals surface area contributed by atoms with E-state index in [0.29, 0.717) is 31.0 Å². The van der Waals surface area contributed by atoms with Gasteiger partial charge in [-0.15, -0.1) is 0 Å². The molecule has 3 aliphatic rings. The molecule has 9 nitrogen and oxygen atoms in total. The van der Waals surface area contributed by atoms with E-state index in [1.165, 1.54) is 12.7 Å². The summed E-state index contributed by atoms with van der Waals surface area (Å²) in [5, 5.41) is 18.6. The third-order valence-corrected chi connectivity index (χ3v) is 6.90. The van der Waals surface area contributed by atoms with Crippen LogP contribution in [-0.2, 0) is 27.2 Å². The van der Waals surface area contributed by atoms with Crippen LogP contribution < -0.4 is 16.0 Å². The van der Waals surface area contributed by atoms with Crippen LogP contribution in [0.2, 0.25) is 0 Å². The fourth-order valence-electron chi connectivity index (χ4n) is 4.80. The predicted molar refractivity (Wildman–Crippen MR) is 117 cm³/mol. The Morgan fingerprint density at radius 1 is 1.12 bits per heavy atom. The lowest BCUT2D eigenvalue weighted by molar-refractivity contribution is -0.146. The predicted octanol–water partition coefficient (Wildman–Crippen LogP) is 0.768. The molecule has 2 amide bonds. The van der Waals surface area contributed by atoms with E-state index in [-0.39, 0.29) is 18.2 Å². The quantitative estimate of drug-likeness (QED) is 0.356. The molecule has 2 fully saturated rings. The number of methoxy groups -OCH3 is 1. The highest BCUT2D eigenvalue weighted by Crippen LogP contribution is 2.34. The average molecular weight is 447 g/mol. The Labute approximate surface area is 188 Å². The third-order valence-electron chi connectivity index (χ3n) is 6.90. The Morgan fingerprint density at radius 2 is 1.91 bits per heavy atom. The molecule has 2 heterocycles. The number of carbonyl (C=O) groups excluding carboxylic acids is 3. The molecule has 1 unspecified atom stereocenters. The molecule has 32 heavy (non-hydrogen) atoms. The molecule has 1 saturated carbocycles. The van der Waals surface area contributed by atoms with Crippen LogP contribution >= 0.6 is 0 Å². The molecule has 9 heteroatoms. The zero-order chi connectivity index (χ0) is 22.7. The maximum atomic E-state index is 13.1. The number of H-pyrrole nitrogens is 1. The van der Waals surface area contributed by atoms with Crippen LogP contribution in [0.4, 0.5) is 0 Å². The van der Waals surface area contributed by atoms with Gasteiger partial charge in [-0.2, -0.15) is 0 Å². The van der Waals surface area contributed by atoms with Gasteiger partial charge in [0.25, 0.3) is 5.91 Å². The molecule has 0 bridgehead atoms. The average Bonchev–Trinajstić information content (AvgIpc) is 3.35. The van der Waals surface area contributed by atoms with Crippen molar-refractivity contribution in [2.45, 2.75) is 76.1 Å². The van der Waals surface area contributed by atoms with Crippen LogP contribution in [0.15, 0.2) is 6.07 Å². The van der Waals surface area contributed by atoms with E-state index in [1.807, 2.05) is 6.07 Å². The van der Waals surface area contributed by atoms with Crippen LogP contribution in [0.25, 0.3) is 0 Å². The first-order valence-corrected chi connectivity index (χ1v) is 11.8. The molecule has 4 atom stereocenters. The van der Waals surface area contributed by atoms with Crippen LogP contribution in [0.1, 0.15) is 66.7 Å². The monoisotopic (exact) mass is 446 g/mol. The Hall–Kier alpha value is -2.39. The van der Waals surface area contributed by atoms with Gasteiger partial charge in [-0.1, -0.05) is 12.8 Å². The number of esters is 1. The number of hydrogen-bond donors (Lipinski definition) is 5. The van der Waals surface area contributed by atoms with Crippen LogP contribution in [0.3, 0.4) is 0 Å². The number of rotatable bonds is 9. The van der Waals surface area contributed by atoms with E-state index in [4.69, 9.17) is 4.74 Å². The number of aliphatic hydroxyl groups excluding tert-OH is 1. The van der Waals surface area contributed by atoms with Gasteiger partial charge in [-0.25, -0.2) is 4.79 Å². The van der Waals surface area contributed by atoms with Crippen LogP contribution in [0, 0.1) is 11.8 Å². The molecule has 176 valence electrons. The maximum Gasteiger partial charge on any atom is 0.328 e. The molecule has 1 aromatic heterocycles. The fraction of sp³-hybridized carbons (Fsp3) is 0.696. The minimum absolute atomic E-state index is 0.152. The molecule has 2 aliphatic carbocycles. The second-order valence-electron chi connectivity index (χ2n) is 9.37. The van der Waals surface area contributed by atoms with Crippen molar-refractivity contribution >= 4 is 17.8 Å². The first-order chi connectivity index (χ1) is 15.4. The first kappa shape index (κ1) is 22.8. The van der Waals surface area contributed by atoms with Crippen LogP contribution in [-0.4, -0.2) is 59.8 Å². The Balaban J connectivity index is 1.42. The van der Waals surface area contributed by atoms with Gasteiger partial charge in [0.1, 0.15) is 24.0 Å². The number of carbonyl (C=O) groups is 3. The summed E-state index contributed by atoms with van der Waals surface area (Å²) >= 11 is 0. The lowest BCUT2D eigenvalue weighted by Crippen LogP contribution is -2.52. The molecular formula is C23H34N4O5. The molecule has 1 aromatic rings. The van der Waals surface area contributed by atoms with Crippen molar-refractivity contribution in [1.29, 1.82) is 0 Å². The molecule has 1 aliphatic heterocycles. The number of aromatic amines is 1. The normalized spacial score (nSPS) is 24.3. The van der Waals surface area contributed by atoms with Gasteiger partial charge < -0.3 is 25.5 Å². The summed E-state index contributed by atoms with van der Waals surface area (Å²) in [7, 11) is 1.28. The summed E-state index contributed by atoms with van der Waals surface area (Å²) in [5.41, 5.74) is 2.77. The second-order valence-corrected chi connectivity index (χ2v) is 9.37. The minimum atomic E-state index is -0.872. The van der Waals surface area contributed by atoms with Crippen LogP contribution in [0.5, 0.6) is 0 Å². The molecule has 4 rings (SSSR count). The van der Waals surface area contributed by atoms with E-state index in [9.17, 15) is 19.5 Å². The number of aliphatic hydroxyl groups is 1. The number of fused-ring (bicyclic) bond motifs is 1. The van der Waals surface area contributed by atoms with E-state index in [0.717, 1.165) is 44.2 Å². The van der Waals surface area contributed by atoms with E-state index < -0.39 is 30.2 Å². The summed E-state index contributed by atoms with van der Waals surface area (Å²) in [5.74, 6) is -0.991. The van der Waals surface area contributed by atoms with Gasteiger partial charge in [0.15, 0.2) is 0 Å². The van der Waals surface area contributed by atoms with Crippen molar-refractivity contribution < 1.29 is 24.2 Å². The molecule has 0 radical (unpaired) electrons. The van der Waals surface area contributed by atoms with Gasteiger partial charge in [0.05, 0.1) is 7.11 Å². The number of aromatic nitrogens is 1. The number of ether oxygens (including phenoxy) is 1. The van der Waals surface area contributed by atoms with Crippen molar-refractivity contribution in [1.82, 2.24) is 20.9 Å². The topological polar surface area (TPSA) is 133 Å². The zero-order valence-corrected chi connectivity index (χ0v) is 18.6. The highest BCUT2D eigenvalue weighted by Gasteiger charge is 2.36. The largest absolute Gasteiger partial charge is 0.467 e. The lowest BCUT2D eigenvalue weighted by Gasteiger charge is -2.24. The van der Waals surface area contributed by atoms with Crippen molar-refractivity contribution in [3.63, 3.8) is 0 Å². The zero-order valence-electron chi connectivity index (χ0n) is 18.6. The summed E-state index contributed by atoms with van der Waals surface area (Å²) in [6, 6.07) is 0.291. The van der Waals surface area contributed by atoms with E-state index >= 15 is 0 Å². The number of aryl methyl sites for hydroxylation is 2. The number of nitrogens with one attached hydrogen (secondary N) is 4. The summed E-state index contributed by atoms with van der Waals surface area (Å²) in [6.45, 7) is 0.661. The third kappa shape index (κ3) is 5.50. The Kier molecular flexibility index (Phi) is 7.15. The van der Waals surface area contributed by atoms with Crippen molar-refractivity contribution in [3.05, 3.63) is 23.0 Å². The Bertz CT molecular complexity index is 826. The smallest absolute Gasteiger partial charge is 0.328 e. The van der Waals surface area contributed by atoms with E-state index in [1.54, 1.807) is 0 Å². The highest BCUT2D eigenvalue weighted by molar-refractivity contribution is 5.97. The second kappa shape index (κ2) is 10.0. The summed E-state index contributed by atoms with van der Waals surface area (Å²) in [6.07, 6.45) is 7.04. The molecule has 0 aromatic carbocycles. The standard InChI is InChI=1S/C23H34N4O5/c1-32-23(31)19(12-15-8-9-24-20(15)28)27-21(29)17(10-13-6-7-13)26-22(30)18-11-14-4-2-3-5-16(14)25-18/h11,13,15,17,19-20,24-25,28H,2-10,12H2,1H3,(H,26,30)(H,27,29)/t15-,17-,19-,20?/m0/s1. The summed E-state index contributed by atoms with van der Waals surface area (Å²) < 4.78 is 4.88. The maximum absolute atomic E-state index is 13.1. The van der Waals surface area contributed by atoms with Crippen molar-refractivity contribution in [3.8, 4) is 0 Å². The van der Waals surface area contributed by atoms with Gasteiger partial charge in [0, 0.05) is 11.6 Å². The summed E-state index contributed by atoms with van der Waals surface area (Å²) in [4.78, 5) is 41.6. The molecule has 5 N–H and O–H groups in total. The Morgan fingerprint density at radius 3 is 2.56 bits per heavy atom. The van der Waals surface area contributed by atoms with Crippen molar-refractivity contribution in [2.75, 3.05) is 13.7 Å². The lowest BCUT2D eigenvalue weighted by atomic mass is 9.97. The molecule has 1 saturated heterocycles. The molecule has 0 spiro atoms. The number of amides is 2.